The molecular formula is C32H44O. The van der Waals surface area contributed by atoms with Gasteiger partial charge < -0.3 is 4.74 Å². The van der Waals surface area contributed by atoms with Crippen LogP contribution in [0.2, 0.25) is 0 Å². The first kappa shape index (κ1) is 26.8. The van der Waals surface area contributed by atoms with Gasteiger partial charge in [-0.15, -0.1) is 6.42 Å². The van der Waals surface area contributed by atoms with Crippen LogP contribution in [0.25, 0.3) is 12.2 Å². The summed E-state index contributed by atoms with van der Waals surface area (Å²) < 4.78 is 5.91. The lowest BCUT2D eigenvalue weighted by atomic mass is 10.0. The summed E-state index contributed by atoms with van der Waals surface area (Å²) in [6, 6.07) is 16.3. The Bertz CT molecular complexity index is 792. The van der Waals surface area contributed by atoms with Crippen molar-refractivity contribution in [1.29, 1.82) is 0 Å². The Balaban J connectivity index is 1.45. The van der Waals surface area contributed by atoms with Gasteiger partial charge in [0.15, 0.2) is 0 Å². The molecule has 0 unspecified atom stereocenters. The van der Waals surface area contributed by atoms with Gasteiger partial charge >= 0.3 is 0 Å². The first-order valence-corrected chi connectivity index (χ1v) is 13.3. The topological polar surface area (TPSA) is 9.23 Å². The molecule has 0 N–H and O–H groups in total. The lowest BCUT2D eigenvalue weighted by Crippen LogP contribution is -1.97. The molecule has 0 aliphatic carbocycles. The fourth-order valence-electron chi connectivity index (χ4n) is 4.04. The van der Waals surface area contributed by atoms with E-state index in [4.69, 9.17) is 11.2 Å². The molecule has 0 atom stereocenters. The fourth-order valence-corrected chi connectivity index (χ4v) is 4.04. The molecule has 0 fully saturated rings. The van der Waals surface area contributed by atoms with E-state index in [9.17, 15) is 0 Å². The van der Waals surface area contributed by atoms with Crippen LogP contribution in [0.5, 0.6) is 5.75 Å². The molecule has 0 aliphatic rings. The number of terminal acetylenes is 1. The maximum Gasteiger partial charge on any atom is 0.119 e. The van der Waals surface area contributed by atoms with Crippen LogP contribution in [0.15, 0.2) is 48.5 Å². The van der Waals surface area contributed by atoms with Gasteiger partial charge in [0.25, 0.3) is 0 Å². The minimum atomic E-state index is 0.814. The Kier molecular flexibility index (Phi) is 14.6. The van der Waals surface area contributed by atoms with Crippen LogP contribution in [0.4, 0.5) is 0 Å². The van der Waals surface area contributed by atoms with Gasteiger partial charge in [-0.1, -0.05) is 133 Å². The monoisotopic (exact) mass is 444 g/mol. The molecular weight excluding hydrogens is 400 g/mol. The zero-order valence-electron chi connectivity index (χ0n) is 20.9. The van der Waals surface area contributed by atoms with Crippen LogP contribution in [-0.2, 0) is 0 Å². The second-order valence-corrected chi connectivity index (χ2v) is 9.11. The second-order valence-electron chi connectivity index (χ2n) is 9.11. The molecule has 0 aliphatic heterocycles. The van der Waals surface area contributed by atoms with Gasteiger partial charge in [-0.3, -0.25) is 0 Å². The van der Waals surface area contributed by atoms with Gasteiger partial charge in [0, 0.05) is 5.56 Å². The average Bonchev–Trinajstić information content (AvgIpc) is 2.86. The summed E-state index contributed by atoms with van der Waals surface area (Å²) in [4.78, 5) is 0. The van der Waals surface area contributed by atoms with Gasteiger partial charge in [-0.05, 0) is 41.8 Å². The molecule has 0 radical (unpaired) electrons. The molecule has 0 saturated carbocycles. The van der Waals surface area contributed by atoms with Crippen molar-refractivity contribution in [2.24, 2.45) is 0 Å². The lowest BCUT2D eigenvalue weighted by Gasteiger charge is -2.07. The van der Waals surface area contributed by atoms with Gasteiger partial charge in [0.2, 0.25) is 0 Å². The lowest BCUT2D eigenvalue weighted by molar-refractivity contribution is 0.304. The van der Waals surface area contributed by atoms with Crippen LogP contribution in [-0.4, -0.2) is 6.61 Å². The minimum absolute atomic E-state index is 0.814. The van der Waals surface area contributed by atoms with Crippen molar-refractivity contribution in [3.63, 3.8) is 0 Å². The molecule has 2 rings (SSSR count). The molecule has 1 nitrogen and oxygen atoms in total. The van der Waals surface area contributed by atoms with Crippen molar-refractivity contribution in [2.45, 2.75) is 96.8 Å². The molecule has 0 aromatic heterocycles. The van der Waals surface area contributed by atoms with Gasteiger partial charge in [-0.25, -0.2) is 0 Å². The third kappa shape index (κ3) is 13.0. The molecule has 0 amide bonds. The first-order valence-electron chi connectivity index (χ1n) is 13.3. The van der Waals surface area contributed by atoms with E-state index in [-0.39, 0.29) is 0 Å². The molecule has 0 saturated heterocycles. The van der Waals surface area contributed by atoms with E-state index in [0.717, 1.165) is 29.9 Å². The normalized spacial score (nSPS) is 11.0. The Morgan fingerprint density at radius 3 is 1.48 bits per heavy atom. The van der Waals surface area contributed by atoms with Crippen LogP contribution < -0.4 is 4.74 Å². The van der Waals surface area contributed by atoms with Crippen molar-refractivity contribution < 1.29 is 4.74 Å². The number of benzene rings is 2. The van der Waals surface area contributed by atoms with E-state index in [2.05, 4.69) is 49.3 Å². The Hall–Kier alpha value is -2.46. The molecule has 0 spiro atoms. The van der Waals surface area contributed by atoms with E-state index >= 15 is 0 Å². The molecule has 178 valence electrons. The molecule has 1 heteroatoms. The number of hydrogen-bond acceptors (Lipinski definition) is 1. The summed E-state index contributed by atoms with van der Waals surface area (Å²) in [7, 11) is 0. The molecule has 0 bridgehead atoms. The number of unbranched alkanes of at least 4 members (excludes halogenated alkanes) is 13. The Morgan fingerprint density at radius 2 is 1.03 bits per heavy atom. The number of rotatable bonds is 18. The van der Waals surface area contributed by atoms with Gasteiger partial charge in [0.1, 0.15) is 5.75 Å². The summed E-state index contributed by atoms with van der Waals surface area (Å²) in [5, 5.41) is 0. The molecule has 33 heavy (non-hydrogen) atoms. The van der Waals surface area contributed by atoms with Crippen LogP contribution >= 0.6 is 0 Å². The predicted octanol–water partition coefficient (Wildman–Crippen LogP) is 9.70. The highest BCUT2D eigenvalue weighted by Crippen LogP contribution is 2.16. The van der Waals surface area contributed by atoms with Crippen molar-refractivity contribution in [3.8, 4) is 18.1 Å². The zero-order chi connectivity index (χ0) is 23.4. The molecule has 2 aromatic rings. The summed E-state index contributed by atoms with van der Waals surface area (Å²) in [5.41, 5.74) is 3.22. The van der Waals surface area contributed by atoms with Crippen molar-refractivity contribution in [2.75, 3.05) is 6.61 Å². The van der Waals surface area contributed by atoms with Crippen molar-refractivity contribution >= 4 is 12.2 Å². The van der Waals surface area contributed by atoms with E-state index < -0.39 is 0 Å². The number of ether oxygens (including phenoxy) is 1. The van der Waals surface area contributed by atoms with Crippen LogP contribution in [0.1, 0.15) is 114 Å². The largest absolute Gasteiger partial charge is 0.494 e. The maximum atomic E-state index is 5.91. The predicted molar refractivity (Wildman–Crippen MR) is 146 cm³/mol. The first-order chi connectivity index (χ1) is 16.3. The molecule has 2 aromatic carbocycles. The summed E-state index contributed by atoms with van der Waals surface area (Å²) in [6.07, 6.45) is 29.0. The van der Waals surface area contributed by atoms with Crippen LogP contribution in [0.3, 0.4) is 0 Å². The third-order valence-corrected chi connectivity index (χ3v) is 6.19. The number of hydrogen-bond donors (Lipinski definition) is 0. The highest BCUT2D eigenvalue weighted by Gasteiger charge is 1.97. The minimum Gasteiger partial charge on any atom is -0.494 e. The van der Waals surface area contributed by atoms with Gasteiger partial charge in [0.05, 0.1) is 6.61 Å². The average molecular weight is 445 g/mol. The quantitative estimate of drug-likeness (QED) is 0.126. The highest BCUT2D eigenvalue weighted by atomic mass is 16.5. The van der Waals surface area contributed by atoms with E-state index in [1.807, 2.05) is 24.3 Å². The third-order valence-electron chi connectivity index (χ3n) is 6.19. The van der Waals surface area contributed by atoms with Crippen LogP contribution in [0, 0.1) is 12.3 Å². The van der Waals surface area contributed by atoms with E-state index in [0.29, 0.717) is 0 Å². The second kappa shape index (κ2) is 18.0. The SMILES string of the molecule is C#Cc1ccc(/C=C/c2ccc(OCCCCCCCCCCCCCCCC)cc2)cc1. The maximum absolute atomic E-state index is 5.91. The molecule has 0 heterocycles. The summed E-state index contributed by atoms with van der Waals surface area (Å²) >= 11 is 0. The summed E-state index contributed by atoms with van der Waals surface area (Å²) in [5.74, 6) is 3.60. The van der Waals surface area contributed by atoms with E-state index in [1.54, 1.807) is 0 Å². The van der Waals surface area contributed by atoms with Crippen molar-refractivity contribution in [1.82, 2.24) is 0 Å². The zero-order valence-corrected chi connectivity index (χ0v) is 20.9. The smallest absolute Gasteiger partial charge is 0.119 e. The van der Waals surface area contributed by atoms with Crippen molar-refractivity contribution in [3.05, 3.63) is 65.2 Å². The summed E-state index contributed by atoms with van der Waals surface area (Å²) in [6.45, 7) is 3.10. The van der Waals surface area contributed by atoms with E-state index in [1.165, 1.54) is 89.0 Å². The standard InChI is InChI=1S/C32H44O/c1-3-5-6-7-8-9-10-11-12-13-14-15-16-17-28-33-32-26-24-31(25-27-32)23-22-30-20-18-29(4-2)19-21-30/h2,18-27H,3,5-17,28H2,1H3/b23-22+. The fraction of sp³-hybridized carbons (Fsp3) is 0.500. The Labute approximate surface area is 203 Å². The Morgan fingerprint density at radius 1 is 0.606 bits per heavy atom. The highest BCUT2D eigenvalue weighted by molar-refractivity contribution is 5.70. The van der Waals surface area contributed by atoms with Gasteiger partial charge in [-0.2, -0.15) is 0 Å².